The average Bonchev–Trinajstić information content (AvgIpc) is 2.67. The summed E-state index contributed by atoms with van der Waals surface area (Å²) >= 11 is 0. The molecule has 0 aliphatic heterocycles. The Balaban J connectivity index is 1.79. The van der Waals surface area contributed by atoms with Crippen molar-refractivity contribution in [1.29, 1.82) is 0 Å². The highest BCUT2D eigenvalue weighted by Crippen LogP contribution is 2.21. The third kappa shape index (κ3) is 4.53. The van der Waals surface area contributed by atoms with E-state index in [9.17, 15) is 18.5 Å². The number of sulfonamides is 1. The molecule has 9 heteroatoms. The highest BCUT2D eigenvalue weighted by Gasteiger charge is 2.14. The number of hydrogen-bond acceptors (Lipinski definition) is 6. The summed E-state index contributed by atoms with van der Waals surface area (Å²) in [5.41, 5.74) is 1.13. The fourth-order valence-electron chi connectivity index (χ4n) is 2.26. The zero-order valence-electron chi connectivity index (χ0n) is 13.9. The SMILES string of the molecule is O=[N+]([O-])c1ccccc1C=Nc1ccc(S(=O)(=O)Nc2cccnc2)cc1. The first kappa shape index (κ1) is 18.2. The van der Waals surface area contributed by atoms with E-state index in [1.165, 1.54) is 42.7 Å². The van der Waals surface area contributed by atoms with E-state index in [0.717, 1.165) is 0 Å². The van der Waals surface area contributed by atoms with Crippen LogP contribution in [0.25, 0.3) is 0 Å². The Hall–Kier alpha value is -3.59. The van der Waals surface area contributed by atoms with Crippen molar-refractivity contribution in [2.24, 2.45) is 4.99 Å². The lowest BCUT2D eigenvalue weighted by Gasteiger charge is -2.07. The Morgan fingerprint density at radius 2 is 1.78 bits per heavy atom. The molecule has 0 atom stereocenters. The van der Waals surface area contributed by atoms with E-state index in [1.54, 1.807) is 36.5 Å². The molecular weight excluding hydrogens is 368 g/mol. The summed E-state index contributed by atoms with van der Waals surface area (Å²) in [5.74, 6) is 0. The van der Waals surface area contributed by atoms with Crippen molar-refractivity contribution in [1.82, 2.24) is 4.98 Å². The lowest BCUT2D eigenvalue weighted by Crippen LogP contribution is -2.12. The van der Waals surface area contributed by atoms with Crippen molar-refractivity contribution in [2.45, 2.75) is 4.90 Å². The monoisotopic (exact) mass is 382 g/mol. The van der Waals surface area contributed by atoms with E-state index in [4.69, 9.17) is 0 Å². The predicted molar refractivity (Wildman–Crippen MR) is 102 cm³/mol. The Labute approximate surface area is 155 Å². The molecule has 27 heavy (non-hydrogen) atoms. The highest BCUT2D eigenvalue weighted by molar-refractivity contribution is 7.92. The fourth-order valence-corrected chi connectivity index (χ4v) is 3.30. The van der Waals surface area contributed by atoms with Gasteiger partial charge in [0, 0.05) is 18.5 Å². The summed E-state index contributed by atoms with van der Waals surface area (Å²) < 4.78 is 27.1. The third-order valence-electron chi connectivity index (χ3n) is 3.55. The van der Waals surface area contributed by atoms with Crippen molar-refractivity contribution in [3.05, 3.63) is 88.7 Å². The number of nitro benzene ring substituents is 1. The summed E-state index contributed by atoms with van der Waals surface area (Å²) in [5, 5.41) is 11.0. The third-order valence-corrected chi connectivity index (χ3v) is 4.94. The van der Waals surface area contributed by atoms with Gasteiger partial charge < -0.3 is 0 Å². The molecule has 0 unspecified atom stereocenters. The molecule has 3 aromatic rings. The number of hydrogen-bond donors (Lipinski definition) is 1. The van der Waals surface area contributed by atoms with E-state index < -0.39 is 14.9 Å². The van der Waals surface area contributed by atoms with Gasteiger partial charge in [-0.2, -0.15) is 0 Å². The first-order valence-corrected chi connectivity index (χ1v) is 9.24. The van der Waals surface area contributed by atoms with E-state index in [-0.39, 0.29) is 10.6 Å². The lowest BCUT2D eigenvalue weighted by molar-refractivity contribution is -0.385. The molecule has 3 rings (SSSR count). The van der Waals surface area contributed by atoms with Crippen LogP contribution in [-0.4, -0.2) is 24.5 Å². The number of pyridine rings is 1. The molecular formula is C18H14N4O4S. The van der Waals surface area contributed by atoms with Crippen molar-refractivity contribution in [3.63, 3.8) is 0 Å². The van der Waals surface area contributed by atoms with Crippen LogP contribution in [0.3, 0.4) is 0 Å². The smallest absolute Gasteiger partial charge is 0.278 e. The summed E-state index contributed by atoms with van der Waals surface area (Å²) in [4.78, 5) is 18.6. The molecule has 0 spiro atoms. The minimum absolute atomic E-state index is 0.0545. The lowest BCUT2D eigenvalue weighted by atomic mass is 10.2. The van der Waals surface area contributed by atoms with Gasteiger partial charge in [-0.15, -0.1) is 0 Å². The summed E-state index contributed by atoms with van der Waals surface area (Å²) in [6.45, 7) is 0. The van der Waals surface area contributed by atoms with Gasteiger partial charge in [-0.1, -0.05) is 12.1 Å². The first-order valence-electron chi connectivity index (χ1n) is 7.76. The average molecular weight is 382 g/mol. The van der Waals surface area contributed by atoms with Crippen molar-refractivity contribution in [3.8, 4) is 0 Å². The molecule has 0 bridgehead atoms. The van der Waals surface area contributed by atoms with Crippen LogP contribution in [0.15, 0.2) is 82.9 Å². The van der Waals surface area contributed by atoms with Crippen molar-refractivity contribution >= 4 is 33.3 Å². The maximum absolute atomic E-state index is 12.4. The number of rotatable bonds is 6. The van der Waals surface area contributed by atoms with Crippen molar-refractivity contribution < 1.29 is 13.3 Å². The number of anilines is 1. The molecule has 0 amide bonds. The number of aromatic nitrogens is 1. The van der Waals surface area contributed by atoms with Gasteiger partial charge in [-0.25, -0.2) is 8.42 Å². The minimum Gasteiger partial charge on any atom is -0.278 e. The first-order chi connectivity index (χ1) is 13.0. The maximum atomic E-state index is 12.4. The molecule has 136 valence electrons. The van der Waals surface area contributed by atoms with Crippen LogP contribution < -0.4 is 4.72 Å². The van der Waals surface area contributed by atoms with Gasteiger partial charge in [0.2, 0.25) is 0 Å². The molecule has 0 radical (unpaired) electrons. The van der Waals surface area contributed by atoms with Gasteiger partial charge in [-0.3, -0.25) is 24.8 Å². The second-order valence-electron chi connectivity index (χ2n) is 5.42. The van der Waals surface area contributed by atoms with E-state index in [0.29, 0.717) is 16.9 Å². The molecule has 0 aliphatic carbocycles. The fraction of sp³-hybridized carbons (Fsp3) is 0. The second kappa shape index (κ2) is 7.75. The summed E-state index contributed by atoms with van der Waals surface area (Å²) in [6, 6.07) is 15.3. The zero-order valence-corrected chi connectivity index (χ0v) is 14.7. The molecule has 1 heterocycles. The van der Waals surface area contributed by atoms with Crippen LogP contribution in [-0.2, 0) is 10.0 Å². The van der Waals surface area contributed by atoms with Crippen LogP contribution in [0, 0.1) is 10.1 Å². The van der Waals surface area contributed by atoms with Gasteiger partial charge in [0.25, 0.3) is 15.7 Å². The zero-order chi connectivity index (χ0) is 19.3. The van der Waals surface area contributed by atoms with Crippen LogP contribution in [0.2, 0.25) is 0 Å². The van der Waals surface area contributed by atoms with Crippen LogP contribution in [0.1, 0.15) is 5.56 Å². The van der Waals surface area contributed by atoms with E-state index in [2.05, 4.69) is 14.7 Å². The second-order valence-corrected chi connectivity index (χ2v) is 7.10. The Morgan fingerprint density at radius 1 is 1.04 bits per heavy atom. The Bertz CT molecular complexity index is 1080. The number of nitrogens with one attached hydrogen (secondary N) is 1. The molecule has 1 N–H and O–H groups in total. The van der Waals surface area contributed by atoms with Crippen LogP contribution >= 0.6 is 0 Å². The van der Waals surface area contributed by atoms with Crippen molar-refractivity contribution in [2.75, 3.05) is 4.72 Å². The molecule has 0 aliphatic rings. The topological polar surface area (TPSA) is 115 Å². The quantitative estimate of drug-likeness (QED) is 0.398. The van der Waals surface area contributed by atoms with Gasteiger partial charge in [0.05, 0.1) is 33.0 Å². The number of aliphatic imine (C=N–C) groups is 1. The number of para-hydroxylation sites is 1. The summed E-state index contributed by atoms with van der Waals surface area (Å²) in [7, 11) is -3.75. The molecule has 0 saturated carbocycles. The number of nitrogens with zero attached hydrogens (tertiary/aromatic N) is 3. The van der Waals surface area contributed by atoms with Gasteiger partial charge in [0.1, 0.15) is 0 Å². The normalized spacial score (nSPS) is 11.4. The maximum Gasteiger partial charge on any atom is 0.278 e. The standard InChI is InChI=1S/C18H14N4O4S/c23-22(24)18-6-2-1-4-14(18)12-20-15-7-9-17(10-8-15)27(25,26)21-16-5-3-11-19-13-16/h1-13,21H. The number of nitro groups is 1. The molecule has 0 saturated heterocycles. The molecule has 2 aromatic carbocycles. The van der Waals surface area contributed by atoms with Gasteiger partial charge in [0.15, 0.2) is 0 Å². The van der Waals surface area contributed by atoms with Crippen LogP contribution in [0.5, 0.6) is 0 Å². The molecule has 8 nitrogen and oxygen atoms in total. The largest absolute Gasteiger partial charge is 0.278 e. The van der Waals surface area contributed by atoms with E-state index >= 15 is 0 Å². The predicted octanol–water partition coefficient (Wildman–Crippen LogP) is 3.54. The highest BCUT2D eigenvalue weighted by atomic mass is 32.2. The Kier molecular flexibility index (Phi) is 5.23. The molecule has 1 aromatic heterocycles. The van der Waals surface area contributed by atoms with Gasteiger partial charge >= 0.3 is 0 Å². The molecule has 0 fully saturated rings. The number of benzene rings is 2. The van der Waals surface area contributed by atoms with E-state index in [1.807, 2.05) is 0 Å². The minimum atomic E-state index is -3.75. The van der Waals surface area contributed by atoms with Crippen LogP contribution in [0.4, 0.5) is 17.1 Å². The Morgan fingerprint density at radius 3 is 2.44 bits per heavy atom. The summed E-state index contributed by atoms with van der Waals surface area (Å²) in [6.07, 6.45) is 4.32. The van der Waals surface area contributed by atoms with Gasteiger partial charge in [-0.05, 0) is 42.5 Å².